The number of ether oxygens (including phenoxy) is 1. The molecular formula is C18H20ClFN2O4S. The third-order valence-electron chi connectivity index (χ3n) is 3.85. The molecule has 1 atom stereocenters. The van der Waals surface area contributed by atoms with Gasteiger partial charge in [-0.05, 0) is 37.3 Å². The van der Waals surface area contributed by atoms with Crippen LogP contribution in [0.25, 0.3) is 0 Å². The maximum absolute atomic E-state index is 13.8. The number of amides is 1. The van der Waals surface area contributed by atoms with Gasteiger partial charge in [0.15, 0.2) is 0 Å². The molecule has 2 rings (SSSR count). The van der Waals surface area contributed by atoms with E-state index >= 15 is 0 Å². The van der Waals surface area contributed by atoms with Crippen LogP contribution in [-0.2, 0) is 21.4 Å². The van der Waals surface area contributed by atoms with E-state index in [1.165, 1.54) is 38.1 Å². The van der Waals surface area contributed by atoms with Gasteiger partial charge in [-0.3, -0.25) is 4.79 Å². The average Bonchev–Trinajstić information content (AvgIpc) is 2.61. The Morgan fingerprint density at radius 1 is 1.30 bits per heavy atom. The molecule has 0 aromatic heterocycles. The summed E-state index contributed by atoms with van der Waals surface area (Å²) >= 11 is 5.98. The second-order valence-electron chi connectivity index (χ2n) is 5.92. The molecule has 0 spiro atoms. The smallest absolute Gasteiger partial charge is 0.244 e. The van der Waals surface area contributed by atoms with Gasteiger partial charge in [0.1, 0.15) is 16.5 Å². The van der Waals surface area contributed by atoms with E-state index in [2.05, 4.69) is 4.72 Å². The fourth-order valence-corrected chi connectivity index (χ4v) is 4.01. The lowest BCUT2D eigenvalue weighted by molar-refractivity contribution is -0.131. The van der Waals surface area contributed by atoms with Gasteiger partial charge in [0, 0.05) is 24.2 Å². The summed E-state index contributed by atoms with van der Waals surface area (Å²) in [5.74, 6) is -0.822. The Morgan fingerprint density at radius 2 is 1.96 bits per heavy atom. The van der Waals surface area contributed by atoms with Crippen molar-refractivity contribution in [1.82, 2.24) is 9.62 Å². The molecule has 0 saturated carbocycles. The zero-order chi connectivity index (χ0) is 20.2. The van der Waals surface area contributed by atoms with Crippen molar-refractivity contribution in [1.29, 1.82) is 0 Å². The predicted octanol–water partition coefficient (Wildman–Crippen LogP) is 2.81. The summed E-state index contributed by atoms with van der Waals surface area (Å²) in [6.45, 7) is 1.56. The van der Waals surface area contributed by atoms with Crippen molar-refractivity contribution in [3.63, 3.8) is 0 Å². The molecule has 2 aromatic carbocycles. The number of halogens is 2. The van der Waals surface area contributed by atoms with Crippen LogP contribution >= 0.6 is 11.6 Å². The molecule has 9 heteroatoms. The van der Waals surface area contributed by atoms with Crippen LogP contribution in [0.1, 0.15) is 12.5 Å². The Labute approximate surface area is 162 Å². The van der Waals surface area contributed by atoms with E-state index in [0.717, 1.165) is 12.1 Å². The van der Waals surface area contributed by atoms with E-state index in [9.17, 15) is 17.6 Å². The highest BCUT2D eigenvalue weighted by atomic mass is 35.5. The van der Waals surface area contributed by atoms with E-state index < -0.39 is 32.7 Å². The lowest BCUT2D eigenvalue weighted by Gasteiger charge is -2.23. The molecule has 0 bridgehead atoms. The Morgan fingerprint density at radius 3 is 2.59 bits per heavy atom. The zero-order valence-corrected chi connectivity index (χ0v) is 16.6. The number of carbonyl (C=O) groups is 1. The molecule has 0 aliphatic heterocycles. The minimum Gasteiger partial charge on any atom is -0.496 e. The monoisotopic (exact) mass is 414 g/mol. The van der Waals surface area contributed by atoms with Gasteiger partial charge in [-0.25, -0.2) is 12.8 Å². The first-order valence-electron chi connectivity index (χ1n) is 8.00. The van der Waals surface area contributed by atoms with Crippen molar-refractivity contribution in [2.75, 3.05) is 14.2 Å². The summed E-state index contributed by atoms with van der Waals surface area (Å²) in [6.07, 6.45) is 0. The average molecular weight is 415 g/mol. The van der Waals surface area contributed by atoms with Gasteiger partial charge < -0.3 is 9.64 Å². The largest absolute Gasteiger partial charge is 0.496 e. The van der Waals surface area contributed by atoms with Crippen molar-refractivity contribution in [2.45, 2.75) is 24.4 Å². The molecule has 0 unspecified atom stereocenters. The minimum atomic E-state index is -4.18. The molecule has 0 saturated heterocycles. The molecule has 1 amide bonds. The van der Waals surface area contributed by atoms with E-state index in [1.807, 2.05) is 0 Å². The summed E-state index contributed by atoms with van der Waals surface area (Å²) in [7, 11) is -1.16. The number of rotatable bonds is 7. The van der Waals surface area contributed by atoms with E-state index in [0.29, 0.717) is 16.3 Å². The number of sulfonamides is 1. The predicted molar refractivity (Wildman–Crippen MR) is 101 cm³/mol. The lowest BCUT2D eigenvalue weighted by atomic mass is 10.2. The zero-order valence-electron chi connectivity index (χ0n) is 15.1. The number of likely N-dealkylation sites (N-methyl/N-ethyl adjacent to an activating group) is 1. The van der Waals surface area contributed by atoms with Crippen molar-refractivity contribution in [3.05, 3.63) is 58.9 Å². The Kier molecular flexibility index (Phi) is 6.80. The molecular weight excluding hydrogens is 395 g/mol. The Balaban J connectivity index is 2.13. The summed E-state index contributed by atoms with van der Waals surface area (Å²) in [6, 6.07) is 8.88. The number of hydrogen-bond acceptors (Lipinski definition) is 4. The Hall–Kier alpha value is -2.16. The third kappa shape index (κ3) is 5.18. The van der Waals surface area contributed by atoms with Crippen molar-refractivity contribution in [3.8, 4) is 5.75 Å². The van der Waals surface area contributed by atoms with Crippen LogP contribution in [0.5, 0.6) is 5.75 Å². The summed E-state index contributed by atoms with van der Waals surface area (Å²) in [4.78, 5) is 13.4. The van der Waals surface area contributed by atoms with Gasteiger partial charge in [-0.15, -0.1) is 0 Å². The number of methoxy groups -OCH3 is 1. The first kappa shape index (κ1) is 21.1. The summed E-state index contributed by atoms with van der Waals surface area (Å²) < 4.78 is 45.9. The molecule has 2 aromatic rings. The molecule has 0 aliphatic rings. The van der Waals surface area contributed by atoms with Crippen molar-refractivity contribution >= 4 is 27.5 Å². The van der Waals surface area contributed by atoms with Gasteiger partial charge in [0.2, 0.25) is 15.9 Å². The fraction of sp³-hybridized carbons (Fsp3) is 0.278. The summed E-state index contributed by atoms with van der Waals surface area (Å²) in [5.41, 5.74) is 0.671. The van der Waals surface area contributed by atoms with Crippen LogP contribution < -0.4 is 9.46 Å². The molecule has 1 N–H and O–H groups in total. The number of nitrogens with zero attached hydrogens (tertiary/aromatic N) is 1. The maximum atomic E-state index is 13.8. The van der Waals surface area contributed by atoms with Crippen LogP contribution in [0.15, 0.2) is 47.4 Å². The molecule has 0 fully saturated rings. The van der Waals surface area contributed by atoms with Gasteiger partial charge in [0.05, 0.1) is 13.2 Å². The van der Waals surface area contributed by atoms with Gasteiger partial charge >= 0.3 is 0 Å². The van der Waals surface area contributed by atoms with E-state index in [1.54, 1.807) is 18.2 Å². The first-order valence-corrected chi connectivity index (χ1v) is 9.86. The molecule has 0 heterocycles. The first-order chi connectivity index (χ1) is 12.7. The highest BCUT2D eigenvalue weighted by Gasteiger charge is 2.26. The van der Waals surface area contributed by atoms with E-state index in [-0.39, 0.29) is 6.54 Å². The number of benzene rings is 2. The van der Waals surface area contributed by atoms with Crippen LogP contribution in [0.2, 0.25) is 5.02 Å². The molecule has 146 valence electrons. The molecule has 27 heavy (non-hydrogen) atoms. The van der Waals surface area contributed by atoms with Crippen molar-refractivity contribution in [2.24, 2.45) is 0 Å². The van der Waals surface area contributed by atoms with Crippen LogP contribution in [0.4, 0.5) is 4.39 Å². The van der Waals surface area contributed by atoms with Gasteiger partial charge in [0.25, 0.3) is 0 Å². The second-order valence-corrected chi connectivity index (χ2v) is 8.04. The number of nitrogens with one attached hydrogen (secondary N) is 1. The molecule has 0 aliphatic carbocycles. The van der Waals surface area contributed by atoms with Crippen LogP contribution in [-0.4, -0.2) is 39.4 Å². The highest BCUT2D eigenvalue weighted by molar-refractivity contribution is 7.89. The fourth-order valence-electron chi connectivity index (χ4n) is 2.54. The molecule has 6 nitrogen and oxygen atoms in total. The van der Waals surface area contributed by atoms with Gasteiger partial charge in [-0.1, -0.05) is 23.7 Å². The summed E-state index contributed by atoms with van der Waals surface area (Å²) in [5, 5.41) is 0.486. The topological polar surface area (TPSA) is 75.7 Å². The quantitative estimate of drug-likeness (QED) is 0.755. The standard InChI is InChI=1S/C18H20ClFN2O4S/c1-12(21-27(24,25)17-7-5-4-6-15(17)20)18(23)22(2)11-13-10-14(19)8-9-16(13)26-3/h4-10,12,21H,11H2,1-3H3/t12-/m0/s1. The second kappa shape index (κ2) is 8.69. The van der Waals surface area contributed by atoms with Crippen molar-refractivity contribution < 1.29 is 22.3 Å². The third-order valence-corrected chi connectivity index (χ3v) is 5.66. The molecule has 0 radical (unpaired) electrons. The maximum Gasteiger partial charge on any atom is 0.244 e. The Bertz CT molecular complexity index is 937. The van der Waals surface area contributed by atoms with Crippen LogP contribution in [0.3, 0.4) is 0 Å². The SMILES string of the molecule is COc1ccc(Cl)cc1CN(C)C(=O)[C@H](C)NS(=O)(=O)c1ccccc1F. The number of hydrogen-bond donors (Lipinski definition) is 1. The normalized spacial score (nSPS) is 12.5. The highest BCUT2D eigenvalue weighted by Crippen LogP contribution is 2.24. The minimum absolute atomic E-state index is 0.161. The van der Waals surface area contributed by atoms with Crippen LogP contribution in [0, 0.1) is 5.82 Å². The lowest BCUT2D eigenvalue weighted by Crippen LogP contribution is -2.45. The van der Waals surface area contributed by atoms with E-state index in [4.69, 9.17) is 16.3 Å². The van der Waals surface area contributed by atoms with Gasteiger partial charge in [-0.2, -0.15) is 4.72 Å². The number of carbonyl (C=O) groups excluding carboxylic acids is 1.